The van der Waals surface area contributed by atoms with Crippen LogP contribution in [0.1, 0.15) is 37.8 Å². The molecule has 106 valence electrons. The molecule has 1 aromatic heterocycles. The third kappa shape index (κ3) is 2.81. The van der Waals surface area contributed by atoms with Crippen LogP contribution in [0.2, 0.25) is 0 Å². The average molecular weight is 272 g/mol. The van der Waals surface area contributed by atoms with Crippen molar-refractivity contribution in [2.24, 2.45) is 0 Å². The topological polar surface area (TPSA) is 58.1 Å². The summed E-state index contributed by atoms with van der Waals surface area (Å²) in [5, 5.41) is 2.98. The summed E-state index contributed by atoms with van der Waals surface area (Å²) in [6.45, 7) is 3.34. The predicted molar refractivity (Wildman–Crippen MR) is 77.6 cm³/mol. The summed E-state index contributed by atoms with van der Waals surface area (Å²) in [6, 6.07) is 2.34. The summed E-state index contributed by atoms with van der Waals surface area (Å²) in [7, 11) is 0. The van der Waals surface area contributed by atoms with Crippen molar-refractivity contribution >= 4 is 11.7 Å². The van der Waals surface area contributed by atoms with Gasteiger partial charge in [-0.1, -0.05) is 12.2 Å². The molecule has 2 aliphatic rings. The van der Waals surface area contributed by atoms with Gasteiger partial charge in [-0.05, 0) is 19.3 Å². The van der Waals surface area contributed by atoms with Gasteiger partial charge in [0.25, 0.3) is 0 Å². The monoisotopic (exact) mass is 272 g/mol. The normalized spacial score (nSPS) is 22.4. The lowest BCUT2D eigenvalue weighted by Crippen LogP contribution is -2.35. The van der Waals surface area contributed by atoms with E-state index in [1.54, 1.807) is 13.3 Å². The lowest BCUT2D eigenvalue weighted by molar-refractivity contribution is -0.119. The van der Waals surface area contributed by atoms with Gasteiger partial charge in [0.1, 0.15) is 12.1 Å². The first-order chi connectivity index (χ1) is 9.72. The molecule has 1 saturated heterocycles. The minimum atomic E-state index is 0.0391. The van der Waals surface area contributed by atoms with Crippen LogP contribution in [0.25, 0.3) is 0 Å². The van der Waals surface area contributed by atoms with Gasteiger partial charge in [-0.25, -0.2) is 9.97 Å². The largest absolute Gasteiger partial charge is 0.354 e. The molecule has 5 heteroatoms. The molecular weight excluding hydrogens is 252 g/mol. The fourth-order valence-electron chi connectivity index (χ4n) is 2.99. The van der Waals surface area contributed by atoms with E-state index in [1.165, 1.54) is 0 Å². The van der Waals surface area contributed by atoms with Crippen molar-refractivity contribution in [2.75, 3.05) is 18.0 Å². The Morgan fingerprint density at radius 1 is 1.35 bits per heavy atom. The molecule has 0 saturated carbocycles. The number of hydrogen-bond donors (Lipinski definition) is 1. The number of aromatic nitrogens is 2. The molecule has 1 fully saturated rings. The number of amides is 1. The number of allylic oxidation sites excluding steroid dienone is 2. The predicted octanol–water partition coefficient (Wildman–Crippen LogP) is 1.62. The number of nitrogens with one attached hydrogen (secondary N) is 1. The van der Waals surface area contributed by atoms with Gasteiger partial charge in [0.2, 0.25) is 5.91 Å². The first kappa shape index (κ1) is 13.1. The maximum Gasteiger partial charge on any atom is 0.217 e. The highest BCUT2D eigenvalue weighted by molar-refractivity contribution is 5.73. The molecule has 0 bridgehead atoms. The van der Waals surface area contributed by atoms with E-state index in [-0.39, 0.29) is 11.9 Å². The molecule has 3 rings (SSSR count). The van der Waals surface area contributed by atoms with Gasteiger partial charge in [0.15, 0.2) is 0 Å². The van der Waals surface area contributed by atoms with E-state index < -0.39 is 0 Å². The zero-order chi connectivity index (χ0) is 13.9. The van der Waals surface area contributed by atoms with E-state index in [1.807, 2.05) is 0 Å². The van der Waals surface area contributed by atoms with Crippen molar-refractivity contribution in [3.8, 4) is 0 Å². The molecule has 1 aliphatic carbocycles. The molecule has 1 atom stereocenters. The van der Waals surface area contributed by atoms with Crippen LogP contribution < -0.4 is 10.2 Å². The van der Waals surface area contributed by atoms with Crippen LogP contribution >= 0.6 is 0 Å². The van der Waals surface area contributed by atoms with Gasteiger partial charge in [-0.3, -0.25) is 4.79 Å². The van der Waals surface area contributed by atoms with Crippen LogP contribution in [0.3, 0.4) is 0 Å². The van der Waals surface area contributed by atoms with E-state index in [9.17, 15) is 4.79 Å². The Hall–Kier alpha value is -1.91. The van der Waals surface area contributed by atoms with Crippen molar-refractivity contribution in [2.45, 2.75) is 38.1 Å². The Morgan fingerprint density at radius 3 is 2.90 bits per heavy atom. The van der Waals surface area contributed by atoms with Crippen molar-refractivity contribution < 1.29 is 4.79 Å². The lowest BCUT2D eigenvalue weighted by atomic mass is 10.0. The van der Waals surface area contributed by atoms with Gasteiger partial charge < -0.3 is 10.2 Å². The standard InChI is InChI=1S/C15H20N4O/c1-11(20)18-13-6-7-19(9-13)15-8-14(16-10-17-15)12-4-2-3-5-12/h2-3,8,10,12-13H,4-7,9H2,1H3,(H,18,20). The van der Waals surface area contributed by atoms with Crippen LogP contribution in [0.15, 0.2) is 24.5 Å². The Kier molecular flexibility index (Phi) is 3.67. The lowest BCUT2D eigenvalue weighted by Gasteiger charge is -2.19. The Morgan fingerprint density at radius 2 is 2.15 bits per heavy atom. The molecule has 0 spiro atoms. The van der Waals surface area contributed by atoms with Gasteiger partial charge in [-0.15, -0.1) is 0 Å². The molecule has 1 aliphatic heterocycles. The minimum Gasteiger partial charge on any atom is -0.354 e. The van der Waals surface area contributed by atoms with Gasteiger partial charge >= 0.3 is 0 Å². The van der Waals surface area contributed by atoms with Crippen molar-refractivity contribution in [1.82, 2.24) is 15.3 Å². The second-order valence-electron chi connectivity index (χ2n) is 5.57. The zero-order valence-corrected chi connectivity index (χ0v) is 11.7. The van der Waals surface area contributed by atoms with Crippen molar-refractivity contribution in [3.05, 3.63) is 30.2 Å². The summed E-state index contributed by atoms with van der Waals surface area (Å²) >= 11 is 0. The van der Waals surface area contributed by atoms with Crippen LogP contribution in [0.4, 0.5) is 5.82 Å². The molecule has 2 heterocycles. The molecule has 0 aromatic carbocycles. The summed E-state index contributed by atoms with van der Waals surface area (Å²) in [6.07, 6.45) is 9.22. The summed E-state index contributed by atoms with van der Waals surface area (Å²) < 4.78 is 0. The first-order valence-corrected chi connectivity index (χ1v) is 7.21. The Labute approximate surface area is 119 Å². The van der Waals surface area contributed by atoms with E-state index in [4.69, 9.17) is 0 Å². The van der Waals surface area contributed by atoms with E-state index in [0.29, 0.717) is 5.92 Å². The molecule has 20 heavy (non-hydrogen) atoms. The van der Waals surface area contributed by atoms with Crippen molar-refractivity contribution in [3.63, 3.8) is 0 Å². The molecule has 1 aromatic rings. The van der Waals surface area contributed by atoms with Gasteiger partial charge in [0, 0.05) is 43.7 Å². The molecule has 0 radical (unpaired) electrons. The van der Waals surface area contributed by atoms with E-state index in [0.717, 1.165) is 43.9 Å². The number of anilines is 1. The van der Waals surface area contributed by atoms with Gasteiger partial charge in [-0.2, -0.15) is 0 Å². The fourth-order valence-corrected chi connectivity index (χ4v) is 2.99. The smallest absolute Gasteiger partial charge is 0.217 e. The second kappa shape index (κ2) is 5.61. The summed E-state index contributed by atoms with van der Waals surface area (Å²) in [5.41, 5.74) is 1.13. The quantitative estimate of drug-likeness (QED) is 0.850. The number of hydrogen-bond acceptors (Lipinski definition) is 4. The van der Waals surface area contributed by atoms with Crippen LogP contribution in [-0.2, 0) is 4.79 Å². The molecule has 1 amide bonds. The Balaban J connectivity index is 1.68. The maximum atomic E-state index is 11.1. The zero-order valence-electron chi connectivity index (χ0n) is 11.7. The SMILES string of the molecule is CC(=O)NC1CCN(c2cc(C3CC=CC3)ncn2)C1. The third-order valence-electron chi connectivity index (χ3n) is 4.02. The highest BCUT2D eigenvalue weighted by atomic mass is 16.1. The third-order valence-corrected chi connectivity index (χ3v) is 4.02. The first-order valence-electron chi connectivity index (χ1n) is 7.21. The molecule has 1 unspecified atom stereocenters. The number of carbonyl (C=O) groups is 1. The second-order valence-corrected chi connectivity index (χ2v) is 5.57. The minimum absolute atomic E-state index is 0.0391. The number of rotatable bonds is 3. The highest BCUT2D eigenvalue weighted by Crippen LogP contribution is 2.29. The fraction of sp³-hybridized carbons (Fsp3) is 0.533. The molecule has 1 N–H and O–H groups in total. The van der Waals surface area contributed by atoms with Crippen molar-refractivity contribution in [1.29, 1.82) is 0 Å². The molecule has 5 nitrogen and oxygen atoms in total. The highest BCUT2D eigenvalue weighted by Gasteiger charge is 2.25. The molecular formula is C15H20N4O. The van der Waals surface area contributed by atoms with Crippen LogP contribution in [0, 0.1) is 0 Å². The maximum absolute atomic E-state index is 11.1. The van der Waals surface area contributed by atoms with E-state index >= 15 is 0 Å². The van der Waals surface area contributed by atoms with E-state index in [2.05, 4.69) is 38.4 Å². The van der Waals surface area contributed by atoms with Crippen LogP contribution in [-0.4, -0.2) is 35.0 Å². The van der Waals surface area contributed by atoms with Gasteiger partial charge in [0.05, 0.1) is 0 Å². The summed E-state index contributed by atoms with van der Waals surface area (Å²) in [5.74, 6) is 1.53. The number of carbonyl (C=O) groups excluding carboxylic acids is 1. The Bertz CT molecular complexity index is 520. The number of nitrogens with zero attached hydrogens (tertiary/aromatic N) is 3. The summed E-state index contributed by atoms with van der Waals surface area (Å²) in [4.78, 5) is 22.1. The average Bonchev–Trinajstić information content (AvgIpc) is 3.09. The van der Waals surface area contributed by atoms with Crippen LogP contribution in [0.5, 0.6) is 0 Å².